The summed E-state index contributed by atoms with van der Waals surface area (Å²) >= 11 is 0. The van der Waals surface area contributed by atoms with Crippen molar-refractivity contribution in [3.63, 3.8) is 0 Å². The van der Waals surface area contributed by atoms with Crippen LogP contribution in [-0.2, 0) is 14.8 Å². The minimum absolute atomic E-state index is 0.200. The highest BCUT2D eigenvalue weighted by atomic mass is 32.2. The Morgan fingerprint density at radius 1 is 1.00 bits per heavy atom. The van der Waals surface area contributed by atoms with Crippen LogP contribution in [0.5, 0.6) is 5.75 Å². The zero-order valence-corrected chi connectivity index (χ0v) is 15.3. The molecule has 27 heavy (non-hydrogen) atoms. The molecule has 5 nitrogen and oxygen atoms in total. The van der Waals surface area contributed by atoms with Crippen LogP contribution in [0.1, 0.15) is 38.5 Å². The number of hydrogen-bond acceptors (Lipinski definition) is 4. The van der Waals surface area contributed by atoms with E-state index in [1.807, 2.05) is 0 Å². The molecule has 0 unspecified atom stereocenters. The van der Waals surface area contributed by atoms with Crippen molar-refractivity contribution in [2.45, 2.75) is 44.0 Å². The number of carbonyl (C=O) groups excluding carboxylic acids is 1. The number of nitrogens with one attached hydrogen (secondary N) is 1. The van der Waals surface area contributed by atoms with Gasteiger partial charge in [-0.05, 0) is 80.5 Å². The first-order valence-corrected chi connectivity index (χ1v) is 10.5. The van der Waals surface area contributed by atoms with Gasteiger partial charge in [-0.3, -0.25) is 9.52 Å². The van der Waals surface area contributed by atoms with Crippen LogP contribution in [0.25, 0.3) is 0 Å². The monoisotopic (exact) mass is 403 g/mol. The lowest BCUT2D eigenvalue weighted by atomic mass is 9.49. The van der Waals surface area contributed by atoms with Gasteiger partial charge in [0.05, 0.1) is 5.41 Å². The summed E-state index contributed by atoms with van der Waals surface area (Å²) in [5.41, 5.74) is -6.08. The van der Waals surface area contributed by atoms with E-state index in [4.69, 9.17) is 4.74 Å². The first-order chi connectivity index (χ1) is 12.6. The summed E-state index contributed by atoms with van der Waals surface area (Å²) in [7, 11) is -5.48. The second-order valence-corrected chi connectivity index (χ2v) is 9.84. The third kappa shape index (κ3) is 3.41. The summed E-state index contributed by atoms with van der Waals surface area (Å²) in [6.45, 7) is 0. The molecule has 1 aromatic rings. The number of rotatable bonds is 4. The van der Waals surface area contributed by atoms with Gasteiger partial charge in [-0.25, -0.2) is 0 Å². The molecule has 0 spiro atoms. The van der Waals surface area contributed by atoms with Gasteiger partial charge in [-0.1, -0.05) is 0 Å². The highest BCUT2D eigenvalue weighted by Gasteiger charge is 2.55. The second kappa shape index (κ2) is 6.12. The van der Waals surface area contributed by atoms with E-state index in [0.717, 1.165) is 31.4 Å². The number of ether oxygens (including phenoxy) is 1. The van der Waals surface area contributed by atoms with E-state index in [1.54, 1.807) is 0 Å². The molecule has 9 heteroatoms. The molecular weight excluding hydrogens is 383 g/mol. The van der Waals surface area contributed by atoms with Gasteiger partial charge < -0.3 is 4.74 Å². The topological polar surface area (TPSA) is 72.5 Å². The maximum atomic E-state index is 12.8. The predicted molar refractivity (Wildman–Crippen MR) is 91.3 cm³/mol. The van der Waals surface area contributed by atoms with Gasteiger partial charge in [0.25, 0.3) is 0 Å². The molecule has 4 aliphatic rings. The first kappa shape index (κ1) is 18.6. The highest BCUT2D eigenvalue weighted by molar-refractivity contribution is 7.93. The molecule has 148 valence electrons. The van der Waals surface area contributed by atoms with Gasteiger partial charge in [0.1, 0.15) is 5.75 Å². The Bertz CT molecular complexity index is 813. The van der Waals surface area contributed by atoms with Crippen molar-refractivity contribution in [1.82, 2.24) is 0 Å². The first-order valence-electron chi connectivity index (χ1n) is 8.98. The van der Waals surface area contributed by atoms with E-state index in [0.29, 0.717) is 17.8 Å². The zero-order valence-electron chi connectivity index (χ0n) is 14.5. The lowest BCUT2D eigenvalue weighted by Gasteiger charge is -2.55. The van der Waals surface area contributed by atoms with E-state index in [9.17, 15) is 26.4 Å². The summed E-state index contributed by atoms with van der Waals surface area (Å²) in [6, 6.07) is 4.89. The molecule has 5 rings (SSSR count). The molecule has 0 aromatic heterocycles. The smallest absolute Gasteiger partial charge is 0.426 e. The number of alkyl halides is 3. The summed E-state index contributed by atoms with van der Waals surface area (Å²) in [5.74, 6) is 1.68. The number of benzene rings is 1. The summed E-state index contributed by atoms with van der Waals surface area (Å²) in [4.78, 5) is 12.8. The van der Waals surface area contributed by atoms with Crippen LogP contribution >= 0.6 is 0 Å². The van der Waals surface area contributed by atoms with E-state index in [2.05, 4.69) is 0 Å². The predicted octanol–water partition coefficient (Wildman–Crippen LogP) is 4.07. The normalized spacial score (nSPS) is 32.3. The largest absolute Gasteiger partial charge is 0.516 e. The fourth-order valence-electron chi connectivity index (χ4n) is 5.38. The van der Waals surface area contributed by atoms with Crippen LogP contribution in [0.4, 0.5) is 18.9 Å². The van der Waals surface area contributed by atoms with Crippen molar-refractivity contribution in [2.24, 2.45) is 23.2 Å². The Balaban J connectivity index is 1.44. The van der Waals surface area contributed by atoms with Crippen LogP contribution in [-0.4, -0.2) is 19.9 Å². The molecular formula is C18H20F3NO4S. The van der Waals surface area contributed by atoms with Gasteiger partial charge in [0.2, 0.25) is 0 Å². The van der Waals surface area contributed by atoms with Crippen molar-refractivity contribution in [1.29, 1.82) is 0 Å². The number of hydrogen-bond donors (Lipinski definition) is 1. The Hall–Kier alpha value is -1.77. The average molecular weight is 403 g/mol. The van der Waals surface area contributed by atoms with Gasteiger partial charge in [-0.15, -0.1) is 0 Å². The summed E-state index contributed by atoms with van der Waals surface area (Å²) < 4.78 is 66.4. The van der Waals surface area contributed by atoms with Gasteiger partial charge >= 0.3 is 21.5 Å². The Labute approximate surface area is 155 Å². The van der Waals surface area contributed by atoms with Crippen molar-refractivity contribution in [2.75, 3.05) is 4.72 Å². The number of sulfonamides is 1. The van der Waals surface area contributed by atoms with Gasteiger partial charge in [0.15, 0.2) is 0 Å². The molecule has 0 aliphatic heterocycles. The zero-order chi connectivity index (χ0) is 19.4. The van der Waals surface area contributed by atoms with Crippen LogP contribution in [0, 0.1) is 23.2 Å². The lowest BCUT2D eigenvalue weighted by molar-refractivity contribution is -0.161. The van der Waals surface area contributed by atoms with Crippen molar-refractivity contribution in [3.05, 3.63) is 24.3 Å². The van der Waals surface area contributed by atoms with E-state index >= 15 is 0 Å². The van der Waals surface area contributed by atoms with Crippen LogP contribution in [0.2, 0.25) is 0 Å². The molecule has 0 radical (unpaired) electrons. The molecule has 0 heterocycles. The van der Waals surface area contributed by atoms with Crippen LogP contribution < -0.4 is 9.46 Å². The Morgan fingerprint density at radius 2 is 1.48 bits per heavy atom. The molecule has 1 aromatic carbocycles. The minimum Gasteiger partial charge on any atom is -0.426 e. The lowest BCUT2D eigenvalue weighted by Crippen LogP contribution is -2.51. The standard InChI is InChI=1S/C18H20F3NO4S/c19-18(20,21)27(24,25)22-14-1-3-15(4-2-14)26-16(23)17-8-11-5-12(9-17)7-13(6-11)10-17/h1-4,11-13,22H,5-10H2. The summed E-state index contributed by atoms with van der Waals surface area (Å²) in [5, 5.41) is 0. The average Bonchev–Trinajstić information content (AvgIpc) is 2.54. The van der Waals surface area contributed by atoms with Crippen LogP contribution in [0.15, 0.2) is 24.3 Å². The molecule has 4 fully saturated rings. The van der Waals surface area contributed by atoms with E-state index in [1.165, 1.54) is 36.1 Å². The van der Waals surface area contributed by atoms with Crippen LogP contribution in [0.3, 0.4) is 0 Å². The number of halogens is 3. The molecule has 0 saturated heterocycles. The fraction of sp³-hybridized carbons (Fsp3) is 0.611. The van der Waals surface area contributed by atoms with E-state index < -0.39 is 20.9 Å². The molecule has 4 aliphatic carbocycles. The SMILES string of the molecule is O=C(Oc1ccc(NS(=O)(=O)C(F)(F)F)cc1)C12CC3CC(CC(C3)C1)C2. The third-order valence-corrected chi connectivity index (χ3v) is 7.21. The fourth-order valence-corrected chi connectivity index (χ4v) is 5.94. The number of anilines is 1. The maximum absolute atomic E-state index is 12.8. The van der Waals surface area contributed by atoms with Crippen molar-refractivity contribution < 1.29 is 31.1 Å². The molecule has 4 saturated carbocycles. The van der Waals surface area contributed by atoms with Crippen molar-refractivity contribution in [3.8, 4) is 5.75 Å². The highest BCUT2D eigenvalue weighted by Crippen LogP contribution is 2.60. The second-order valence-electron chi connectivity index (χ2n) is 8.16. The molecule has 1 N–H and O–H groups in total. The van der Waals surface area contributed by atoms with Crippen molar-refractivity contribution >= 4 is 21.7 Å². The van der Waals surface area contributed by atoms with Gasteiger partial charge in [0, 0.05) is 5.69 Å². The number of carbonyl (C=O) groups is 1. The Kier molecular flexibility index (Phi) is 4.21. The molecule has 0 amide bonds. The number of esters is 1. The minimum atomic E-state index is -5.48. The third-order valence-electron chi connectivity index (χ3n) is 6.09. The molecule has 0 atom stereocenters. The van der Waals surface area contributed by atoms with Gasteiger partial charge in [-0.2, -0.15) is 21.6 Å². The summed E-state index contributed by atoms with van der Waals surface area (Å²) in [6.07, 6.45) is 6.13. The Morgan fingerprint density at radius 3 is 1.93 bits per heavy atom. The molecule has 4 bridgehead atoms. The quantitative estimate of drug-likeness (QED) is 0.608. The van der Waals surface area contributed by atoms with E-state index in [-0.39, 0.29) is 17.4 Å². The maximum Gasteiger partial charge on any atom is 0.516 e.